The van der Waals surface area contributed by atoms with Gasteiger partial charge in [-0.3, -0.25) is 9.59 Å². The third kappa shape index (κ3) is 2.90. The molecule has 0 N–H and O–H groups in total. The number of esters is 2. The van der Waals surface area contributed by atoms with Gasteiger partial charge < -0.3 is 9.47 Å². The highest BCUT2D eigenvalue weighted by atomic mass is 16.5. The van der Waals surface area contributed by atoms with E-state index in [4.69, 9.17) is 9.47 Å². The zero-order valence-electron chi connectivity index (χ0n) is 14.3. The molecule has 0 unspecified atom stereocenters. The number of rotatable bonds is 4. The molecule has 124 valence electrons. The molecule has 0 radical (unpaired) electrons. The van der Waals surface area contributed by atoms with Crippen molar-refractivity contribution in [2.24, 2.45) is 22.7 Å². The van der Waals surface area contributed by atoms with Crippen LogP contribution in [0.15, 0.2) is 36.4 Å². The Hall–Kier alpha value is -2.10. The van der Waals surface area contributed by atoms with Crippen molar-refractivity contribution in [1.29, 1.82) is 0 Å². The van der Waals surface area contributed by atoms with E-state index in [1.807, 2.05) is 63.3 Å². The maximum Gasteiger partial charge on any atom is 0.310 e. The van der Waals surface area contributed by atoms with E-state index in [1.165, 1.54) is 14.2 Å². The van der Waals surface area contributed by atoms with E-state index < -0.39 is 17.3 Å². The van der Waals surface area contributed by atoms with Gasteiger partial charge in [-0.1, -0.05) is 63.3 Å². The van der Waals surface area contributed by atoms with Gasteiger partial charge in [0.25, 0.3) is 0 Å². The number of allylic oxidation sites excluding steroid dienone is 1. The molecular formula is C19H24O4. The van der Waals surface area contributed by atoms with Crippen LogP contribution in [-0.2, 0) is 19.1 Å². The van der Waals surface area contributed by atoms with Crippen molar-refractivity contribution >= 4 is 18.0 Å². The van der Waals surface area contributed by atoms with Gasteiger partial charge in [0.05, 0.1) is 26.1 Å². The maximum absolute atomic E-state index is 12.2. The van der Waals surface area contributed by atoms with Crippen LogP contribution in [0.1, 0.15) is 26.3 Å². The first kappa shape index (κ1) is 17.3. The topological polar surface area (TPSA) is 52.6 Å². The Morgan fingerprint density at radius 1 is 1.00 bits per heavy atom. The molecule has 1 aliphatic carbocycles. The molecule has 4 heteroatoms. The summed E-state index contributed by atoms with van der Waals surface area (Å²) < 4.78 is 9.84. The number of hydrogen-bond acceptors (Lipinski definition) is 4. The molecule has 0 aromatic heterocycles. The highest BCUT2D eigenvalue weighted by molar-refractivity contribution is 5.91. The smallest absolute Gasteiger partial charge is 0.310 e. The summed E-state index contributed by atoms with van der Waals surface area (Å²) in [5.74, 6) is -1.76. The van der Waals surface area contributed by atoms with Crippen LogP contribution in [0.25, 0.3) is 6.08 Å². The minimum Gasteiger partial charge on any atom is -0.469 e. The number of benzene rings is 1. The number of carbonyl (C=O) groups excluding carboxylic acids is 2. The number of carbonyl (C=O) groups is 2. The Balaban J connectivity index is 2.45. The molecule has 0 spiro atoms. The van der Waals surface area contributed by atoms with Gasteiger partial charge in [-0.05, 0) is 11.0 Å². The summed E-state index contributed by atoms with van der Waals surface area (Å²) in [6.45, 7) is 6.09. The highest BCUT2D eigenvalue weighted by Gasteiger charge is 2.75. The van der Waals surface area contributed by atoms with E-state index in [0.717, 1.165) is 5.56 Å². The molecule has 0 amide bonds. The first-order valence-corrected chi connectivity index (χ1v) is 7.69. The van der Waals surface area contributed by atoms with Crippen LogP contribution in [0.2, 0.25) is 0 Å². The molecule has 4 nitrogen and oxygen atoms in total. The average Bonchev–Trinajstić information content (AvgIpc) is 3.22. The Bertz CT molecular complexity index is 588. The second-order valence-electron chi connectivity index (χ2n) is 6.93. The lowest BCUT2D eigenvalue weighted by atomic mass is 9.74. The summed E-state index contributed by atoms with van der Waals surface area (Å²) in [7, 11) is 2.70. The second-order valence-corrected chi connectivity index (χ2v) is 6.93. The van der Waals surface area contributed by atoms with Crippen molar-refractivity contribution in [3.05, 3.63) is 42.0 Å². The predicted octanol–water partition coefficient (Wildman–Crippen LogP) is 3.32. The SMILES string of the molecule is COC(=O)[C@H]1[C@H](C(=O)OC)C1(/C=C/c1ccccc1)C(C)(C)C. The molecule has 1 aliphatic rings. The fraction of sp³-hybridized carbons (Fsp3) is 0.474. The normalized spacial score (nSPS) is 26.8. The fourth-order valence-electron chi connectivity index (χ4n) is 3.51. The summed E-state index contributed by atoms with van der Waals surface area (Å²) in [6.07, 6.45) is 3.94. The van der Waals surface area contributed by atoms with Crippen LogP contribution in [0.5, 0.6) is 0 Å². The molecule has 0 aliphatic heterocycles. The van der Waals surface area contributed by atoms with Gasteiger partial charge in [-0.15, -0.1) is 0 Å². The summed E-state index contributed by atoms with van der Waals surface area (Å²) in [5.41, 5.74) is 0.120. The lowest BCUT2D eigenvalue weighted by Crippen LogP contribution is -2.27. The van der Waals surface area contributed by atoms with Crippen molar-refractivity contribution in [3.63, 3.8) is 0 Å². The van der Waals surface area contributed by atoms with Crippen molar-refractivity contribution < 1.29 is 19.1 Å². The lowest BCUT2D eigenvalue weighted by Gasteiger charge is -2.30. The first-order valence-electron chi connectivity index (χ1n) is 7.69. The first-order chi connectivity index (χ1) is 10.8. The molecule has 0 bridgehead atoms. The standard InChI is InChI=1S/C19H24O4/c1-18(2,3)19(12-11-13-9-7-6-8-10-13)14(16(20)22-4)15(19)17(21)23-5/h6-12,14-15H,1-5H3/b12-11+/t14-,15-/m1/s1. The van der Waals surface area contributed by atoms with Crippen molar-refractivity contribution in [2.75, 3.05) is 14.2 Å². The Morgan fingerprint density at radius 2 is 1.48 bits per heavy atom. The zero-order valence-corrected chi connectivity index (χ0v) is 14.3. The van der Waals surface area contributed by atoms with Crippen molar-refractivity contribution in [2.45, 2.75) is 20.8 Å². The highest BCUT2D eigenvalue weighted by Crippen LogP contribution is 2.69. The van der Waals surface area contributed by atoms with Gasteiger partial charge in [0.2, 0.25) is 0 Å². The number of ether oxygens (including phenoxy) is 2. The molecule has 2 rings (SSSR count). The van der Waals surface area contributed by atoms with Gasteiger partial charge in [-0.25, -0.2) is 0 Å². The van der Waals surface area contributed by atoms with Gasteiger partial charge in [-0.2, -0.15) is 0 Å². The summed E-state index contributed by atoms with van der Waals surface area (Å²) >= 11 is 0. The molecule has 1 aromatic carbocycles. The largest absolute Gasteiger partial charge is 0.469 e. The molecule has 1 fully saturated rings. The molecule has 0 heterocycles. The van der Waals surface area contributed by atoms with E-state index in [9.17, 15) is 9.59 Å². The van der Waals surface area contributed by atoms with Crippen molar-refractivity contribution in [1.82, 2.24) is 0 Å². The maximum atomic E-state index is 12.2. The summed E-state index contributed by atoms with van der Waals surface area (Å²) in [5, 5.41) is 0. The molecule has 0 saturated heterocycles. The lowest BCUT2D eigenvalue weighted by molar-refractivity contribution is -0.148. The van der Waals surface area contributed by atoms with Crippen LogP contribution in [0.4, 0.5) is 0 Å². The number of methoxy groups -OCH3 is 2. The van der Waals surface area contributed by atoms with Crippen LogP contribution >= 0.6 is 0 Å². The van der Waals surface area contributed by atoms with Crippen molar-refractivity contribution in [3.8, 4) is 0 Å². The third-order valence-electron chi connectivity index (χ3n) is 4.81. The van der Waals surface area contributed by atoms with Crippen LogP contribution in [0.3, 0.4) is 0 Å². The van der Waals surface area contributed by atoms with Crippen LogP contribution in [0, 0.1) is 22.7 Å². The van der Waals surface area contributed by atoms with Gasteiger partial charge in [0.1, 0.15) is 0 Å². The fourth-order valence-corrected chi connectivity index (χ4v) is 3.51. The van der Waals surface area contributed by atoms with Crippen LogP contribution in [-0.4, -0.2) is 26.2 Å². The monoisotopic (exact) mass is 316 g/mol. The average molecular weight is 316 g/mol. The van der Waals surface area contributed by atoms with E-state index in [0.29, 0.717) is 0 Å². The Labute approximate surface area is 137 Å². The van der Waals surface area contributed by atoms with E-state index in [-0.39, 0.29) is 17.4 Å². The molecular weight excluding hydrogens is 292 g/mol. The van der Waals surface area contributed by atoms with Crippen LogP contribution < -0.4 is 0 Å². The van der Waals surface area contributed by atoms with Gasteiger partial charge >= 0.3 is 11.9 Å². The summed E-state index contributed by atoms with van der Waals surface area (Å²) in [6, 6.07) is 9.81. The Morgan fingerprint density at radius 3 is 1.87 bits per heavy atom. The third-order valence-corrected chi connectivity index (χ3v) is 4.81. The number of hydrogen-bond donors (Lipinski definition) is 0. The Kier molecular flexibility index (Phi) is 4.64. The molecule has 23 heavy (non-hydrogen) atoms. The minimum absolute atomic E-state index is 0.296. The van der Waals surface area contributed by atoms with Gasteiger partial charge in [0, 0.05) is 5.41 Å². The summed E-state index contributed by atoms with van der Waals surface area (Å²) in [4.78, 5) is 24.4. The molecule has 1 aromatic rings. The minimum atomic E-state index is -0.608. The van der Waals surface area contributed by atoms with E-state index in [1.54, 1.807) is 0 Å². The van der Waals surface area contributed by atoms with Gasteiger partial charge in [0.15, 0.2) is 0 Å². The van der Waals surface area contributed by atoms with E-state index >= 15 is 0 Å². The molecule has 1 saturated carbocycles. The second kappa shape index (κ2) is 6.19. The quantitative estimate of drug-likeness (QED) is 0.800. The molecule has 2 atom stereocenters. The zero-order chi connectivity index (χ0) is 17.3. The van der Waals surface area contributed by atoms with E-state index in [2.05, 4.69) is 0 Å². The predicted molar refractivity (Wildman–Crippen MR) is 88.4 cm³/mol.